The van der Waals surface area contributed by atoms with Gasteiger partial charge in [-0.05, 0) is 12.8 Å². The van der Waals surface area contributed by atoms with Gasteiger partial charge in [-0.2, -0.15) is 0 Å². The van der Waals surface area contributed by atoms with Gasteiger partial charge in [0.15, 0.2) is 0 Å². The summed E-state index contributed by atoms with van der Waals surface area (Å²) in [5.41, 5.74) is 0. The molecule has 0 bridgehead atoms. The average Bonchev–Trinajstić information content (AvgIpc) is 2.35. The summed E-state index contributed by atoms with van der Waals surface area (Å²) >= 11 is 1.85. The summed E-state index contributed by atoms with van der Waals surface area (Å²) in [7, 11) is 0. The van der Waals surface area contributed by atoms with Crippen LogP contribution in [0.15, 0.2) is 0 Å². The van der Waals surface area contributed by atoms with Crippen LogP contribution in [0.5, 0.6) is 0 Å². The highest BCUT2D eigenvalue weighted by molar-refractivity contribution is 7.99. The molecule has 1 aliphatic rings. The smallest absolute Gasteiger partial charge is 0.0557 e. The van der Waals surface area contributed by atoms with Gasteiger partial charge in [-0.25, -0.2) is 0 Å². The fourth-order valence-corrected chi connectivity index (χ4v) is 2.43. The summed E-state index contributed by atoms with van der Waals surface area (Å²) in [6.45, 7) is 0. The molecule has 0 unspecified atom stereocenters. The Morgan fingerprint density at radius 1 is 0.471 bits per heavy atom. The van der Waals surface area contributed by atoms with Gasteiger partial charge in [0.2, 0.25) is 0 Å². The zero-order chi connectivity index (χ0) is 12.0. The van der Waals surface area contributed by atoms with Gasteiger partial charge in [0, 0.05) is 12.8 Å². The van der Waals surface area contributed by atoms with Crippen LogP contribution in [0, 0.1) is 23.7 Å². The Morgan fingerprint density at radius 3 is 1.35 bits per heavy atom. The van der Waals surface area contributed by atoms with Crippen molar-refractivity contribution < 1.29 is 0 Å². The van der Waals surface area contributed by atoms with Crippen molar-refractivity contribution >= 4 is 11.8 Å². The van der Waals surface area contributed by atoms with Crippen molar-refractivity contribution in [3.05, 3.63) is 0 Å². The highest BCUT2D eigenvalue weighted by Crippen LogP contribution is 2.10. The van der Waals surface area contributed by atoms with Crippen molar-refractivity contribution in [1.29, 1.82) is 0 Å². The molecule has 0 aromatic rings. The van der Waals surface area contributed by atoms with Gasteiger partial charge in [-0.1, -0.05) is 50.4 Å². The van der Waals surface area contributed by atoms with Crippen molar-refractivity contribution in [1.82, 2.24) is 0 Å². The molecule has 0 aromatic carbocycles. The standard InChI is InChI=1S/C16H24S/c1-2-4-6-8-10-12-14-16-17-15-13-11-9-7-5-3-1/h1-10,15-16H2. The first kappa shape index (κ1) is 14.5. The van der Waals surface area contributed by atoms with E-state index in [1.165, 1.54) is 51.4 Å². The molecular formula is C16H24S. The van der Waals surface area contributed by atoms with Crippen LogP contribution in [0.25, 0.3) is 0 Å². The summed E-state index contributed by atoms with van der Waals surface area (Å²) in [6, 6.07) is 0. The van der Waals surface area contributed by atoms with E-state index in [0.29, 0.717) is 0 Å². The Kier molecular flexibility index (Phi) is 10.2. The van der Waals surface area contributed by atoms with E-state index in [1.807, 2.05) is 11.8 Å². The van der Waals surface area contributed by atoms with Gasteiger partial charge in [-0.15, -0.1) is 23.6 Å². The molecule has 1 heteroatoms. The first-order valence-corrected chi connectivity index (χ1v) is 8.15. The monoisotopic (exact) mass is 248 g/mol. The molecule has 0 atom stereocenters. The lowest BCUT2D eigenvalue weighted by molar-refractivity contribution is 0.573. The van der Waals surface area contributed by atoms with E-state index in [2.05, 4.69) is 23.7 Å². The molecule has 0 N–H and O–H groups in total. The van der Waals surface area contributed by atoms with Crippen LogP contribution >= 0.6 is 11.8 Å². The Balaban J connectivity index is 2.18. The molecule has 1 rings (SSSR count). The molecule has 0 aromatic heterocycles. The van der Waals surface area contributed by atoms with Crippen LogP contribution in [0.1, 0.15) is 64.2 Å². The zero-order valence-electron chi connectivity index (χ0n) is 10.9. The van der Waals surface area contributed by atoms with E-state index in [4.69, 9.17) is 0 Å². The molecule has 1 aliphatic heterocycles. The molecule has 0 saturated carbocycles. The predicted octanol–water partition coefficient (Wildman–Crippen LogP) is 4.64. The maximum Gasteiger partial charge on any atom is 0.0557 e. The molecule has 0 nitrogen and oxygen atoms in total. The molecule has 0 aliphatic carbocycles. The van der Waals surface area contributed by atoms with Gasteiger partial charge in [0.25, 0.3) is 0 Å². The maximum atomic E-state index is 3.26. The lowest BCUT2D eigenvalue weighted by Gasteiger charge is -1.99. The molecule has 0 amide bonds. The van der Waals surface area contributed by atoms with Crippen molar-refractivity contribution in [2.24, 2.45) is 0 Å². The zero-order valence-corrected chi connectivity index (χ0v) is 11.7. The molecule has 0 saturated heterocycles. The molecule has 1 heterocycles. The van der Waals surface area contributed by atoms with Crippen molar-refractivity contribution in [3.8, 4) is 23.7 Å². The van der Waals surface area contributed by atoms with Crippen LogP contribution in [0.2, 0.25) is 0 Å². The topological polar surface area (TPSA) is 0 Å². The Bertz CT molecular complexity index is 254. The number of rotatable bonds is 0. The summed E-state index contributed by atoms with van der Waals surface area (Å²) < 4.78 is 0. The number of thioether (sulfide) groups is 1. The lowest BCUT2D eigenvalue weighted by Crippen LogP contribution is -1.81. The van der Waals surface area contributed by atoms with Crippen LogP contribution in [0.3, 0.4) is 0 Å². The highest BCUT2D eigenvalue weighted by Gasteiger charge is 1.92. The van der Waals surface area contributed by atoms with Gasteiger partial charge in [0.1, 0.15) is 0 Å². The fourth-order valence-electron chi connectivity index (χ4n) is 1.92. The highest BCUT2D eigenvalue weighted by atomic mass is 32.2. The van der Waals surface area contributed by atoms with Crippen molar-refractivity contribution in [3.63, 3.8) is 0 Å². The molecule has 17 heavy (non-hydrogen) atoms. The summed E-state index contributed by atoms with van der Waals surface area (Å²) in [6.07, 6.45) is 13.1. The molecule has 0 radical (unpaired) electrons. The van der Waals surface area contributed by atoms with E-state index in [9.17, 15) is 0 Å². The third kappa shape index (κ3) is 10.3. The van der Waals surface area contributed by atoms with Gasteiger partial charge in [-0.3, -0.25) is 0 Å². The van der Waals surface area contributed by atoms with Gasteiger partial charge in [0.05, 0.1) is 11.5 Å². The van der Waals surface area contributed by atoms with E-state index >= 15 is 0 Å². The average molecular weight is 248 g/mol. The predicted molar refractivity (Wildman–Crippen MR) is 79.0 cm³/mol. The lowest BCUT2D eigenvalue weighted by atomic mass is 10.1. The molecule has 0 fully saturated rings. The first-order chi connectivity index (χ1) is 8.50. The normalized spacial score (nSPS) is 20.2. The fraction of sp³-hybridized carbons (Fsp3) is 0.750. The Morgan fingerprint density at radius 2 is 0.882 bits per heavy atom. The van der Waals surface area contributed by atoms with Crippen molar-refractivity contribution in [2.75, 3.05) is 11.5 Å². The summed E-state index contributed by atoms with van der Waals surface area (Å²) in [5, 5.41) is 0. The Hall–Kier alpha value is -0.530. The molecular weight excluding hydrogens is 224 g/mol. The van der Waals surface area contributed by atoms with Gasteiger partial charge < -0.3 is 0 Å². The van der Waals surface area contributed by atoms with Crippen LogP contribution < -0.4 is 0 Å². The minimum absolute atomic E-state index is 0.953. The number of hydrogen-bond acceptors (Lipinski definition) is 1. The minimum atomic E-state index is 0.953. The van der Waals surface area contributed by atoms with Crippen LogP contribution in [-0.2, 0) is 0 Å². The maximum absolute atomic E-state index is 3.26. The number of hydrogen-bond donors (Lipinski definition) is 0. The SMILES string of the molecule is C1#CCSCC#CCCCCCCCCCC1. The first-order valence-electron chi connectivity index (χ1n) is 6.99. The van der Waals surface area contributed by atoms with Crippen molar-refractivity contribution in [2.45, 2.75) is 64.2 Å². The van der Waals surface area contributed by atoms with E-state index < -0.39 is 0 Å². The third-order valence-corrected chi connectivity index (χ3v) is 3.65. The third-order valence-electron chi connectivity index (χ3n) is 2.95. The summed E-state index contributed by atoms with van der Waals surface area (Å²) in [5.74, 6) is 14.9. The molecule has 94 valence electrons. The van der Waals surface area contributed by atoms with Crippen LogP contribution in [-0.4, -0.2) is 11.5 Å². The minimum Gasteiger partial charge on any atom is -0.136 e. The Labute approximate surface area is 111 Å². The van der Waals surface area contributed by atoms with E-state index in [-0.39, 0.29) is 0 Å². The second kappa shape index (κ2) is 11.9. The second-order valence-corrected chi connectivity index (χ2v) is 5.51. The largest absolute Gasteiger partial charge is 0.136 e. The molecule has 0 spiro atoms. The quantitative estimate of drug-likeness (QED) is 0.563. The van der Waals surface area contributed by atoms with Crippen LogP contribution in [0.4, 0.5) is 0 Å². The van der Waals surface area contributed by atoms with Gasteiger partial charge >= 0.3 is 0 Å². The summed E-state index contributed by atoms with van der Waals surface area (Å²) in [4.78, 5) is 0. The van der Waals surface area contributed by atoms with E-state index in [0.717, 1.165) is 24.3 Å². The second-order valence-electron chi connectivity index (χ2n) is 4.53. The van der Waals surface area contributed by atoms with E-state index in [1.54, 1.807) is 0 Å².